The molecule has 1 atom stereocenters. The van der Waals surface area contributed by atoms with Gasteiger partial charge in [0.05, 0.1) is 6.10 Å². The molecule has 1 aliphatic rings. The number of hydroxylamine groups is 1. The fraction of sp³-hybridized carbons (Fsp3) is 0.900. The van der Waals surface area contributed by atoms with E-state index < -0.39 is 12.1 Å². The molecule has 0 bridgehead atoms. The van der Waals surface area contributed by atoms with Crippen LogP contribution in [0.3, 0.4) is 0 Å². The minimum absolute atomic E-state index is 0.115. The van der Waals surface area contributed by atoms with Gasteiger partial charge in [-0.1, -0.05) is 6.42 Å². The summed E-state index contributed by atoms with van der Waals surface area (Å²) in [5, 5.41) is 12.0. The van der Waals surface area contributed by atoms with Crippen LogP contribution < -0.4 is 10.8 Å². The third-order valence-electron chi connectivity index (χ3n) is 2.59. The monoisotopic (exact) mass is 231 g/mol. The number of likely N-dealkylation sites (tertiary alicyclic amines) is 1. The van der Waals surface area contributed by atoms with E-state index in [4.69, 9.17) is 4.84 Å². The summed E-state index contributed by atoms with van der Waals surface area (Å²) < 4.78 is 0. The van der Waals surface area contributed by atoms with Crippen molar-refractivity contribution >= 4 is 6.03 Å². The summed E-state index contributed by atoms with van der Waals surface area (Å²) in [4.78, 5) is 17.8. The molecule has 0 radical (unpaired) electrons. The second-order valence-corrected chi connectivity index (χ2v) is 4.01. The Morgan fingerprint density at radius 2 is 2.12 bits per heavy atom. The molecule has 0 aromatic rings. The van der Waals surface area contributed by atoms with Gasteiger partial charge in [0, 0.05) is 13.6 Å². The number of carbonyl (C=O) groups is 1. The number of urea groups is 1. The van der Waals surface area contributed by atoms with E-state index in [1.54, 1.807) is 0 Å². The van der Waals surface area contributed by atoms with Crippen molar-refractivity contribution in [3.8, 4) is 0 Å². The van der Waals surface area contributed by atoms with E-state index >= 15 is 0 Å². The molecule has 0 spiro atoms. The lowest BCUT2D eigenvalue weighted by Gasteiger charge is -2.28. The number of β-amino-alcohol motifs (C(OH)–C–C–N with tert-alkyl or cyclic N) is 1. The number of hydrogen-bond acceptors (Lipinski definition) is 4. The Morgan fingerprint density at radius 3 is 2.75 bits per heavy atom. The van der Waals surface area contributed by atoms with Gasteiger partial charge in [0.1, 0.15) is 6.61 Å². The molecular weight excluding hydrogens is 210 g/mol. The second kappa shape index (κ2) is 7.43. The zero-order valence-corrected chi connectivity index (χ0v) is 9.74. The van der Waals surface area contributed by atoms with Crippen molar-refractivity contribution < 1.29 is 14.7 Å². The third kappa shape index (κ3) is 5.29. The molecule has 1 fully saturated rings. The number of amides is 2. The molecule has 6 nitrogen and oxygen atoms in total. The second-order valence-electron chi connectivity index (χ2n) is 4.01. The van der Waals surface area contributed by atoms with Crippen LogP contribution in [0.5, 0.6) is 0 Å². The predicted octanol–water partition coefficient (Wildman–Crippen LogP) is -0.306. The third-order valence-corrected chi connectivity index (χ3v) is 2.59. The Kier molecular flexibility index (Phi) is 6.14. The number of rotatable bonds is 5. The van der Waals surface area contributed by atoms with E-state index in [1.165, 1.54) is 26.3 Å². The largest absolute Gasteiger partial charge is 0.389 e. The standard InChI is InChI=1S/C10H21N3O3/c1-11-10(15)12-16-8-9(14)7-13-5-3-2-4-6-13/h9,14H,2-8H2,1H3,(H2,11,12,15). The Bertz CT molecular complexity index is 207. The van der Waals surface area contributed by atoms with Crippen molar-refractivity contribution in [1.29, 1.82) is 0 Å². The van der Waals surface area contributed by atoms with Crippen LogP contribution in [0.2, 0.25) is 0 Å². The summed E-state index contributed by atoms with van der Waals surface area (Å²) in [7, 11) is 1.50. The highest BCUT2D eigenvalue weighted by atomic mass is 16.7. The zero-order valence-electron chi connectivity index (χ0n) is 9.74. The Balaban J connectivity index is 2.05. The number of piperidine rings is 1. The minimum Gasteiger partial charge on any atom is -0.389 e. The topological polar surface area (TPSA) is 73.8 Å². The first-order chi connectivity index (χ1) is 7.72. The molecule has 1 aliphatic heterocycles. The van der Waals surface area contributed by atoms with Crippen LogP contribution in [0.4, 0.5) is 4.79 Å². The predicted molar refractivity (Wildman–Crippen MR) is 59.8 cm³/mol. The summed E-state index contributed by atoms with van der Waals surface area (Å²) in [6.45, 7) is 2.80. The summed E-state index contributed by atoms with van der Waals surface area (Å²) in [6, 6.07) is -0.412. The summed E-state index contributed by atoms with van der Waals surface area (Å²) in [5.41, 5.74) is 2.17. The molecule has 0 aliphatic carbocycles. The van der Waals surface area contributed by atoms with Crippen molar-refractivity contribution in [2.45, 2.75) is 25.4 Å². The van der Waals surface area contributed by atoms with Crippen molar-refractivity contribution in [2.24, 2.45) is 0 Å². The molecule has 1 rings (SSSR count). The fourth-order valence-electron chi connectivity index (χ4n) is 1.75. The van der Waals surface area contributed by atoms with Crippen LogP contribution in [0, 0.1) is 0 Å². The van der Waals surface area contributed by atoms with Gasteiger partial charge in [0.15, 0.2) is 0 Å². The molecule has 1 saturated heterocycles. The lowest BCUT2D eigenvalue weighted by molar-refractivity contribution is -0.0172. The van der Waals surface area contributed by atoms with E-state index in [0.717, 1.165) is 13.1 Å². The van der Waals surface area contributed by atoms with E-state index in [9.17, 15) is 9.90 Å². The molecule has 1 unspecified atom stereocenters. The summed E-state index contributed by atoms with van der Waals surface area (Å²) in [5.74, 6) is 0. The number of aliphatic hydroxyl groups excluding tert-OH is 1. The van der Waals surface area contributed by atoms with Crippen LogP contribution >= 0.6 is 0 Å². The van der Waals surface area contributed by atoms with Gasteiger partial charge in [0.25, 0.3) is 0 Å². The van der Waals surface area contributed by atoms with Gasteiger partial charge in [-0.2, -0.15) is 0 Å². The van der Waals surface area contributed by atoms with Gasteiger partial charge in [-0.25, -0.2) is 10.3 Å². The fourth-order valence-corrected chi connectivity index (χ4v) is 1.75. The smallest absolute Gasteiger partial charge is 0.338 e. The number of aliphatic hydroxyl groups is 1. The molecule has 0 aromatic carbocycles. The molecule has 1 heterocycles. The number of carbonyl (C=O) groups excluding carboxylic acids is 1. The first-order valence-corrected chi connectivity index (χ1v) is 5.72. The van der Waals surface area contributed by atoms with Crippen LogP contribution in [-0.2, 0) is 4.84 Å². The molecule has 16 heavy (non-hydrogen) atoms. The lowest BCUT2D eigenvalue weighted by atomic mass is 10.1. The number of hydrogen-bond donors (Lipinski definition) is 3. The Morgan fingerprint density at radius 1 is 1.44 bits per heavy atom. The van der Waals surface area contributed by atoms with E-state index in [-0.39, 0.29) is 6.61 Å². The van der Waals surface area contributed by atoms with Gasteiger partial charge in [-0.15, -0.1) is 0 Å². The number of nitrogens with one attached hydrogen (secondary N) is 2. The lowest BCUT2D eigenvalue weighted by Crippen LogP contribution is -2.40. The highest BCUT2D eigenvalue weighted by Crippen LogP contribution is 2.08. The quantitative estimate of drug-likeness (QED) is 0.568. The molecule has 2 amide bonds. The first-order valence-electron chi connectivity index (χ1n) is 5.72. The van der Waals surface area contributed by atoms with Crippen LogP contribution in [0.25, 0.3) is 0 Å². The van der Waals surface area contributed by atoms with Crippen LogP contribution in [0.1, 0.15) is 19.3 Å². The van der Waals surface area contributed by atoms with Crippen molar-refractivity contribution in [1.82, 2.24) is 15.7 Å². The Hall–Kier alpha value is -0.850. The minimum atomic E-state index is -0.560. The van der Waals surface area contributed by atoms with Crippen molar-refractivity contribution in [2.75, 3.05) is 33.3 Å². The van der Waals surface area contributed by atoms with Gasteiger partial charge in [-0.3, -0.25) is 4.84 Å². The number of nitrogens with zero attached hydrogens (tertiary/aromatic N) is 1. The van der Waals surface area contributed by atoms with Gasteiger partial charge >= 0.3 is 6.03 Å². The maximum absolute atomic E-state index is 10.7. The summed E-state index contributed by atoms with van der Waals surface area (Å²) in [6.07, 6.45) is 3.12. The van der Waals surface area contributed by atoms with Crippen molar-refractivity contribution in [3.63, 3.8) is 0 Å². The SMILES string of the molecule is CNC(=O)NOCC(O)CN1CCCCC1. The molecule has 6 heteroatoms. The van der Waals surface area contributed by atoms with E-state index in [2.05, 4.69) is 15.7 Å². The average molecular weight is 231 g/mol. The maximum Gasteiger partial charge on any atom is 0.338 e. The van der Waals surface area contributed by atoms with Gasteiger partial charge in [0.2, 0.25) is 0 Å². The zero-order chi connectivity index (χ0) is 11.8. The normalized spacial score (nSPS) is 19.1. The van der Waals surface area contributed by atoms with E-state index in [1.807, 2.05) is 0 Å². The molecule has 0 aromatic heterocycles. The van der Waals surface area contributed by atoms with Crippen LogP contribution in [-0.4, -0.2) is 55.4 Å². The summed E-state index contributed by atoms with van der Waals surface area (Å²) >= 11 is 0. The average Bonchev–Trinajstić information content (AvgIpc) is 2.30. The van der Waals surface area contributed by atoms with Gasteiger partial charge in [-0.05, 0) is 25.9 Å². The van der Waals surface area contributed by atoms with E-state index in [0.29, 0.717) is 6.54 Å². The highest BCUT2D eigenvalue weighted by Gasteiger charge is 2.14. The molecule has 0 saturated carbocycles. The van der Waals surface area contributed by atoms with Gasteiger partial charge < -0.3 is 15.3 Å². The molecular formula is C10H21N3O3. The highest BCUT2D eigenvalue weighted by molar-refractivity contribution is 5.72. The Labute approximate surface area is 95.9 Å². The molecule has 94 valence electrons. The van der Waals surface area contributed by atoms with Crippen LogP contribution in [0.15, 0.2) is 0 Å². The maximum atomic E-state index is 10.7. The first kappa shape index (κ1) is 13.2. The van der Waals surface area contributed by atoms with Crippen molar-refractivity contribution in [3.05, 3.63) is 0 Å². The molecule has 3 N–H and O–H groups in total.